The molecule has 190 valence electrons. The summed E-state index contributed by atoms with van der Waals surface area (Å²) < 4.78 is 28.3. The topological polar surface area (TPSA) is 86.8 Å². The first-order valence-electron chi connectivity index (χ1n) is 11.1. The van der Waals surface area contributed by atoms with Gasteiger partial charge in [-0.1, -0.05) is 65.2 Å². The summed E-state index contributed by atoms with van der Waals surface area (Å²) in [5.41, 5.74) is 1.91. The lowest BCUT2D eigenvalue weighted by Crippen LogP contribution is -2.50. The summed E-state index contributed by atoms with van der Waals surface area (Å²) in [7, 11) is -2.61. The largest absolute Gasteiger partial charge is 0.357 e. The molecule has 0 aliphatic heterocycles. The second kappa shape index (κ2) is 11.8. The molecule has 0 heterocycles. The van der Waals surface area contributed by atoms with Gasteiger partial charge >= 0.3 is 0 Å². The molecule has 0 bridgehead atoms. The number of nitrogens with zero attached hydrogens (tertiary/aromatic N) is 2. The molecule has 3 aromatic rings. The van der Waals surface area contributed by atoms with E-state index in [-0.39, 0.29) is 11.4 Å². The summed E-state index contributed by atoms with van der Waals surface area (Å²) in [6.07, 6.45) is 0. The number of amides is 2. The quantitative estimate of drug-likeness (QED) is 0.422. The van der Waals surface area contributed by atoms with Crippen LogP contribution in [0.4, 0.5) is 5.69 Å². The third kappa shape index (κ3) is 6.37. The monoisotopic (exact) mass is 547 g/mol. The Kier molecular flexibility index (Phi) is 9.00. The minimum Gasteiger partial charge on any atom is -0.357 e. The molecule has 2 amide bonds. The number of aryl methyl sites for hydroxylation is 1. The summed E-state index contributed by atoms with van der Waals surface area (Å²) in [4.78, 5) is 27.5. The lowest BCUT2D eigenvalue weighted by molar-refractivity contribution is -0.139. The van der Waals surface area contributed by atoms with Gasteiger partial charge in [-0.25, -0.2) is 8.42 Å². The number of nitrogens with one attached hydrogen (secondary N) is 1. The van der Waals surface area contributed by atoms with E-state index in [1.165, 1.54) is 24.1 Å². The Labute approximate surface area is 221 Å². The van der Waals surface area contributed by atoms with Crippen LogP contribution in [0.25, 0.3) is 0 Å². The predicted molar refractivity (Wildman–Crippen MR) is 143 cm³/mol. The number of likely N-dealkylation sites (N-methyl/N-ethyl adjacent to an activating group) is 1. The van der Waals surface area contributed by atoms with Crippen molar-refractivity contribution >= 4 is 50.7 Å². The van der Waals surface area contributed by atoms with Gasteiger partial charge in [0.1, 0.15) is 12.6 Å². The molecule has 0 radical (unpaired) electrons. The molecule has 36 heavy (non-hydrogen) atoms. The number of anilines is 1. The van der Waals surface area contributed by atoms with Crippen molar-refractivity contribution in [1.29, 1.82) is 0 Å². The van der Waals surface area contributed by atoms with Crippen LogP contribution < -0.4 is 9.62 Å². The number of benzene rings is 3. The molecular formula is C26H27Cl2N3O4S. The van der Waals surface area contributed by atoms with E-state index in [9.17, 15) is 18.0 Å². The average molecular weight is 548 g/mol. The fourth-order valence-electron chi connectivity index (χ4n) is 3.59. The van der Waals surface area contributed by atoms with Crippen LogP contribution in [0.2, 0.25) is 10.0 Å². The Bertz CT molecular complexity index is 1330. The first-order chi connectivity index (χ1) is 17.0. The first-order valence-corrected chi connectivity index (χ1v) is 13.3. The van der Waals surface area contributed by atoms with E-state index in [1.807, 2.05) is 6.92 Å². The highest BCUT2D eigenvalue weighted by atomic mass is 35.5. The third-order valence-corrected chi connectivity index (χ3v) is 8.21. The summed E-state index contributed by atoms with van der Waals surface area (Å²) in [6.45, 7) is 2.98. The highest BCUT2D eigenvalue weighted by Gasteiger charge is 2.32. The molecule has 1 N–H and O–H groups in total. The van der Waals surface area contributed by atoms with Crippen molar-refractivity contribution in [3.63, 3.8) is 0 Å². The summed E-state index contributed by atoms with van der Waals surface area (Å²) in [5, 5.41) is 3.21. The fraction of sp³-hybridized carbons (Fsp3) is 0.231. The van der Waals surface area contributed by atoms with E-state index >= 15 is 0 Å². The van der Waals surface area contributed by atoms with Gasteiger partial charge in [-0.3, -0.25) is 13.9 Å². The molecule has 7 nitrogen and oxygen atoms in total. The number of hydrogen-bond donors (Lipinski definition) is 1. The molecule has 0 aliphatic carbocycles. The number of carbonyl (C=O) groups excluding carboxylic acids is 2. The number of sulfonamides is 1. The lowest BCUT2D eigenvalue weighted by atomic mass is 10.1. The Morgan fingerprint density at radius 1 is 0.944 bits per heavy atom. The molecule has 0 fully saturated rings. The zero-order valence-corrected chi connectivity index (χ0v) is 22.4. The van der Waals surface area contributed by atoms with Crippen LogP contribution in [0.1, 0.15) is 18.1 Å². The molecule has 0 aliphatic rings. The van der Waals surface area contributed by atoms with Crippen LogP contribution in [0.3, 0.4) is 0 Å². The second-order valence-electron chi connectivity index (χ2n) is 8.22. The zero-order chi connectivity index (χ0) is 26.5. The van der Waals surface area contributed by atoms with Gasteiger partial charge in [-0.2, -0.15) is 0 Å². The maximum atomic E-state index is 13.7. The number of halogens is 2. The normalized spacial score (nSPS) is 12.0. The van der Waals surface area contributed by atoms with Gasteiger partial charge in [0.15, 0.2) is 0 Å². The van der Waals surface area contributed by atoms with Crippen LogP contribution in [-0.4, -0.2) is 44.8 Å². The van der Waals surface area contributed by atoms with Crippen molar-refractivity contribution in [3.8, 4) is 0 Å². The predicted octanol–water partition coefficient (Wildman–Crippen LogP) is 4.66. The van der Waals surface area contributed by atoms with E-state index in [0.29, 0.717) is 21.3 Å². The van der Waals surface area contributed by atoms with Gasteiger partial charge in [-0.15, -0.1) is 0 Å². The van der Waals surface area contributed by atoms with Crippen molar-refractivity contribution in [3.05, 3.63) is 94.0 Å². The molecule has 1 unspecified atom stereocenters. The molecule has 0 spiro atoms. The second-order valence-corrected chi connectivity index (χ2v) is 10.9. The van der Waals surface area contributed by atoms with Crippen molar-refractivity contribution in [2.24, 2.45) is 0 Å². The molecule has 0 saturated carbocycles. The van der Waals surface area contributed by atoms with Crippen LogP contribution in [0.5, 0.6) is 0 Å². The maximum Gasteiger partial charge on any atom is 0.264 e. The smallest absolute Gasteiger partial charge is 0.264 e. The number of hydrogen-bond acceptors (Lipinski definition) is 4. The number of rotatable bonds is 9. The molecule has 1 atom stereocenters. The summed E-state index contributed by atoms with van der Waals surface area (Å²) in [5.74, 6) is -0.950. The standard InChI is InChI=1S/C26H27Cl2N3O4S/c1-18-9-12-21(13-10-18)31(36(34,35)22-7-5-4-6-8-22)17-25(32)30(19(2)26(33)29-3)16-20-11-14-23(27)24(28)15-20/h4-15,19H,16-17H2,1-3H3,(H,29,33). The molecule has 3 aromatic carbocycles. The third-order valence-electron chi connectivity index (χ3n) is 5.68. The molecule has 10 heteroatoms. The van der Waals surface area contributed by atoms with E-state index < -0.39 is 34.4 Å². The number of carbonyl (C=O) groups is 2. The van der Waals surface area contributed by atoms with Crippen LogP contribution in [0, 0.1) is 6.92 Å². The summed E-state index contributed by atoms with van der Waals surface area (Å²) in [6, 6.07) is 18.8. The highest BCUT2D eigenvalue weighted by molar-refractivity contribution is 7.92. The maximum absolute atomic E-state index is 13.7. The Hall–Kier alpha value is -3.07. The molecule has 0 saturated heterocycles. The summed E-state index contributed by atoms with van der Waals surface area (Å²) >= 11 is 12.2. The minimum absolute atomic E-state index is 0.0252. The van der Waals surface area contributed by atoms with E-state index in [4.69, 9.17) is 23.2 Å². The zero-order valence-electron chi connectivity index (χ0n) is 20.1. The van der Waals surface area contributed by atoms with Gasteiger partial charge in [0.05, 0.1) is 20.6 Å². The Balaban J connectivity index is 2.02. The van der Waals surface area contributed by atoms with Crippen molar-refractivity contribution < 1.29 is 18.0 Å². The van der Waals surface area contributed by atoms with Gasteiger partial charge in [-0.05, 0) is 55.8 Å². The molecule has 3 rings (SSSR count). The van der Waals surface area contributed by atoms with Crippen molar-refractivity contribution in [2.75, 3.05) is 17.9 Å². The lowest BCUT2D eigenvalue weighted by Gasteiger charge is -2.31. The van der Waals surface area contributed by atoms with Crippen LogP contribution in [-0.2, 0) is 26.2 Å². The first kappa shape index (κ1) is 27.5. The van der Waals surface area contributed by atoms with Gasteiger partial charge in [0.2, 0.25) is 11.8 Å². The van der Waals surface area contributed by atoms with E-state index in [2.05, 4.69) is 5.32 Å². The Morgan fingerprint density at radius 3 is 2.17 bits per heavy atom. The SMILES string of the molecule is CNC(=O)C(C)N(Cc1ccc(Cl)c(Cl)c1)C(=O)CN(c1ccc(C)cc1)S(=O)(=O)c1ccccc1. The van der Waals surface area contributed by atoms with Gasteiger partial charge in [0.25, 0.3) is 10.0 Å². The average Bonchev–Trinajstić information content (AvgIpc) is 2.88. The molecular weight excluding hydrogens is 521 g/mol. The van der Waals surface area contributed by atoms with Gasteiger partial charge in [0, 0.05) is 13.6 Å². The van der Waals surface area contributed by atoms with E-state index in [1.54, 1.807) is 67.6 Å². The molecule has 0 aromatic heterocycles. The van der Waals surface area contributed by atoms with Crippen molar-refractivity contribution in [2.45, 2.75) is 31.3 Å². The minimum atomic E-state index is -4.09. The fourth-order valence-corrected chi connectivity index (χ4v) is 5.34. The van der Waals surface area contributed by atoms with Crippen LogP contribution in [0.15, 0.2) is 77.7 Å². The highest BCUT2D eigenvalue weighted by Crippen LogP contribution is 2.26. The van der Waals surface area contributed by atoms with Crippen LogP contribution >= 0.6 is 23.2 Å². The van der Waals surface area contributed by atoms with E-state index in [0.717, 1.165) is 9.87 Å². The Morgan fingerprint density at radius 2 is 1.58 bits per heavy atom. The van der Waals surface area contributed by atoms with Crippen molar-refractivity contribution in [1.82, 2.24) is 10.2 Å². The van der Waals surface area contributed by atoms with Gasteiger partial charge < -0.3 is 10.2 Å².